The topological polar surface area (TPSA) is 70.1 Å². The first-order chi connectivity index (χ1) is 8.63. The maximum atomic E-state index is 11.8. The molecule has 6 nitrogen and oxygen atoms in total. The Morgan fingerprint density at radius 1 is 1.28 bits per heavy atom. The minimum atomic E-state index is -0.815. The van der Waals surface area contributed by atoms with Crippen molar-refractivity contribution in [3.05, 3.63) is 0 Å². The second-order valence-electron chi connectivity index (χ2n) is 4.10. The first-order valence-corrected chi connectivity index (χ1v) is 7.07. The molecule has 7 heteroatoms. The Bertz CT molecular complexity index is 280. The fourth-order valence-corrected chi connectivity index (χ4v) is 2.53. The van der Waals surface area contributed by atoms with Gasteiger partial charge in [-0.15, -0.1) is 11.8 Å². The number of amides is 1. The zero-order valence-electron chi connectivity index (χ0n) is 10.6. The largest absolute Gasteiger partial charge is 0.480 e. The van der Waals surface area contributed by atoms with Gasteiger partial charge in [0.05, 0.1) is 18.9 Å². The Hall–Kier alpha value is -0.790. The lowest BCUT2D eigenvalue weighted by molar-refractivity contribution is -0.139. The molecule has 0 saturated carbocycles. The Morgan fingerprint density at radius 2 is 1.94 bits per heavy atom. The number of carbonyl (C=O) groups excluding carboxylic acids is 1. The predicted molar refractivity (Wildman–Crippen MR) is 69.9 cm³/mol. The van der Waals surface area contributed by atoms with Crippen molar-refractivity contribution in [1.82, 2.24) is 9.80 Å². The van der Waals surface area contributed by atoms with E-state index < -0.39 is 5.97 Å². The normalized spacial score (nSPS) is 16.8. The molecule has 1 N–H and O–H groups in total. The number of carbonyl (C=O) groups is 2. The van der Waals surface area contributed by atoms with Crippen molar-refractivity contribution >= 4 is 23.6 Å². The Balaban J connectivity index is 2.17. The van der Waals surface area contributed by atoms with E-state index in [0.717, 1.165) is 5.75 Å². The maximum absolute atomic E-state index is 11.8. The molecule has 0 spiro atoms. The van der Waals surface area contributed by atoms with E-state index in [4.69, 9.17) is 9.84 Å². The minimum Gasteiger partial charge on any atom is -0.480 e. The number of thioether (sulfide) groups is 1. The van der Waals surface area contributed by atoms with Gasteiger partial charge in [0.2, 0.25) is 5.91 Å². The van der Waals surface area contributed by atoms with E-state index in [1.807, 2.05) is 4.90 Å². The molecule has 0 aliphatic carbocycles. The van der Waals surface area contributed by atoms with Crippen molar-refractivity contribution in [2.75, 3.05) is 57.9 Å². The summed E-state index contributed by atoms with van der Waals surface area (Å²) >= 11 is 1.57. The van der Waals surface area contributed by atoms with Gasteiger partial charge in [-0.1, -0.05) is 0 Å². The second kappa shape index (κ2) is 8.34. The molecule has 1 rings (SSSR count). The van der Waals surface area contributed by atoms with Crippen LogP contribution in [0, 0.1) is 0 Å². The van der Waals surface area contributed by atoms with Crippen molar-refractivity contribution in [2.45, 2.75) is 0 Å². The number of ether oxygens (including phenoxy) is 1. The number of nitrogens with zero attached hydrogens (tertiary/aromatic N) is 2. The molecular weight excluding hydrogens is 256 g/mol. The van der Waals surface area contributed by atoms with Gasteiger partial charge in [0, 0.05) is 39.0 Å². The minimum absolute atomic E-state index is 0.0601. The summed E-state index contributed by atoms with van der Waals surface area (Å²) in [5.41, 5.74) is 0. The molecule has 0 bridgehead atoms. The molecule has 0 aromatic carbocycles. The molecular formula is C11H20N2O4S. The molecule has 18 heavy (non-hydrogen) atoms. The van der Waals surface area contributed by atoms with Crippen LogP contribution in [-0.2, 0) is 14.3 Å². The second-order valence-corrected chi connectivity index (χ2v) is 5.20. The highest BCUT2D eigenvalue weighted by molar-refractivity contribution is 7.99. The summed E-state index contributed by atoms with van der Waals surface area (Å²) < 4.78 is 4.91. The quantitative estimate of drug-likeness (QED) is 0.638. The Labute approximate surface area is 111 Å². The lowest BCUT2D eigenvalue weighted by Gasteiger charge is -2.33. The molecule has 1 amide bonds. The molecule has 1 aliphatic heterocycles. The first kappa shape index (κ1) is 15.3. The third kappa shape index (κ3) is 5.70. The number of piperazine rings is 1. The predicted octanol–water partition coefficient (Wildman–Crippen LogP) is -0.405. The molecule has 1 fully saturated rings. The van der Waals surface area contributed by atoms with Crippen LogP contribution in [0.4, 0.5) is 0 Å². The van der Waals surface area contributed by atoms with E-state index in [9.17, 15) is 9.59 Å². The monoisotopic (exact) mass is 276 g/mol. The summed E-state index contributed by atoms with van der Waals surface area (Å²) in [4.78, 5) is 26.0. The van der Waals surface area contributed by atoms with Gasteiger partial charge in [-0.05, 0) is 0 Å². The molecule has 0 unspecified atom stereocenters. The van der Waals surface area contributed by atoms with Crippen LogP contribution in [-0.4, -0.2) is 84.7 Å². The fraction of sp³-hybridized carbons (Fsp3) is 0.818. The average molecular weight is 276 g/mol. The van der Waals surface area contributed by atoms with Crippen molar-refractivity contribution < 1.29 is 19.4 Å². The SMILES string of the molecule is COCCSCC(=O)N1CCN(CC(=O)O)CC1. The smallest absolute Gasteiger partial charge is 0.317 e. The number of carboxylic acid groups (broad SMARTS) is 1. The lowest BCUT2D eigenvalue weighted by atomic mass is 10.3. The highest BCUT2D eigenvalue weighted by Crippen LogP contribution is 2.06. The van der Waals surface area contributed by atoms with Crippen LogP contribution in [0.3, 0.4) is 0 Å². The number of aliphatic carboxylic acids is 1. The number of rotatable bonds is 7. The van der Waals surface area contributed by atoms with E-state index >= 15 is 0 Å². The van der Waals surface area contributed by atoms with Crippen molar-refractivity contribution in [3.8, 4) is 0 Å². The molecule has 1 heterocycles. The Kier molecular flexibility index (Phi) is 7.07. The molecule has 1 aliphatic rings. The third-order valence-corrected chi connectivity index (χ3v) is 3.65. The van der Waals surface area contributed by atoms with E-state index in [-0.39, 0.29) is 12.5 Å². The number of hydrogen-bond donors (Lipinski definition) is 1. The van der Waals surface area contributed by atoms with Crippen LogP contribution in [0.15, 0.2) is 0 Å². The molecule has 0 aromatic heterocycles. The van der Waals surface area contributed by atoms with E-state index in [1.165, 1.54) is 0 Å². The summed E-state index contributed by atoms with van der Waals surface area (Å²) in [6, 6.07) is 0. The van der Waals surface area contributed by atoms with Crippen LogP contribution in [0.25, 0.3) is 0 Å². The Morgan fingerprint density at radius 3 is 2.50 bits per heavy atom. The number of carboxylic acids is 1. The third-order valence-electron chi connectivity index (χ3n) is 2.74. The first-order valence-electron chi connectivity index (χ1n) is 5.92. The molecule has 0 aromatic rings. The zero-order valence-corrected chi connectivity index (χ0v) is 11.4. The summed E-state index contributed by atoms with van der Waals surface area (Å²) in [5, 5.41) is 8.67. The van der Waals surface area contributed by atoms with E-state index in [0.29, 0.717) is 38.5 Å². The van der Waals surface area contributed by atoms with Gasteiger partial charge in [-0.2, -0.15) is 0 Å². The molecule has 0 radical (unpaired) electrons. The van der Waals surface area contributed by atoms with Gasteiger partial charge < -0.3 is 14.7 Å². The van der Waals surface area contributed by atoms with Gasteiger partial charge in [-0.3, -0.25) is 14.5 Å². The van der Waals surface area contributed by atoms with Crippen molar-refractivity contribution in [2.24, 2.45) is 0 Å². The van der Waals surface area contributed by atoms with Crippen molar-refractivity contribution in [1.29, 1.82) is 0 Å². The fourth-order valence-electron chi connectivity index (χ4n) is 1.74. The van der Waals surface area contributed by atoms with Crippen LogP contribution in [0.2, 0.25) is 0 Å². The van der Waals surface area contributed by atoms with Crippen LogP contribution in [0.1, 0.15) is 0 Å². The molecule has 1 saturated heterocycles. The average Bonchev–Trinajstić information content (AvgIpc) is 2.34. The zero-order chi connectivity index (χ0) is 13.4. The summed E-state index contributed by atoms with van der Waals surface area (Å²) in [7, 11) is 1.64. The van der Waals surface area contributed by atoms with Gasteiger partial charge in [0.15, 0.2) is 0 Å². The maximum Gasteiger partial charge on any atom is 0.317 e. The summed E-state index contributed by atoms with van der Waals surface area (Å²) in [5.74, 6) is 0.611. The van der Waals surface area contributed by atoms with Gasteiger partial charge in [0.1, 0.15) is 0 Å². The van der Waals surface area contributed by atoms with Crippen LogP contribution in [0.5, 0.6) is 0 Å². The van der Waals surface area contributed by atoms with E-state index in [2.05, 4.69) is 0 Å². The molecule has 0 atom stereocenters. The van der Waals surface area contributed by atoms with Crippen LogP contribution < -0.4 is 0 Å². The van der Waals surface area contributed by atoms with Gasteiger partial charge in [-0.25, -0.2) is 0 Å². The van der Waals surface area contributed by atoms with Crippen LogP contribution >= 0.6 is 11.8 Å². The summed E-state index contributed by atoms with van der Waals surface area (Å²) in [6.07, 6.45) is 0. The van der Waals surface area contributed by atoms with Gasteiger partial charge in [0.25, 0.3) is 0 Å². The van der Waals surface area contributed by atoms with Crippen molar-refractivity contribution in [3.63, 3.8) is 0 Å². The van der Waals surface area contributed by atoms with E-state index in [1.54, 1.807) is 23.8 Å². The number of hydrogen-bond acceptors (Lipinski definition) is 5. The van der Waals surface area contributed by atoms with Gasteiger partial charge >= 0.3 is 5.97 Å². The number of methoxy groups -OCH3 is 1. The highest BCUT2D eigenvalue weighted by atomic mass is 32.2. The highest BCUT2D eigenvalue weighted by Gasteiger charge is 2.21. The standard InChI is InChI=1S/C11H20N2O4S/c1-17-6-7-18-9-10(14)13-4-2-12(3-5-13)8-11(15)16/h2-9H2,1H3,(H,15,16). The lowest BCUT2D eigenvalue weighted by Crippen LogP contribution is -2.50. The summed E-state index contributed by atoms with van der Waals surface area (Å²) in [6.45, 7) is 3.24. The molecule has 104 valence electrons.